The highest BCUT2D eigenvalue weighted by Gasteiger charge is 2.52. The highest BCUT2D eigenvalue weighted by Crippen LogP contribution is 2.47. The molecule has 0 atom stereocenters. The number of methoxy groups -OCH3 is 2. The summed E-state index contributed by atoms with van der Waals surface area (Å²) in [5.74, 6) is 0.728. The number of esters is 1. The summed E-state index contributed by atoms with van der Waals surface area (Å²) in [7, 11) is 2.89. The van der Waals surface area contributed by atoms with Gasteiger partial charge in [-0.25, -0.2) is 0 Å². The van der Waals surface area contributed by atoms with Gasteiger partial charge in [-0.3, -0.25) is 9.59 Å². The van der Waals surface area contributed by atoms with E-state index in [1.807, 2.05) is 0 Å². The molecule has 0 unspecified atom stereocenters. The zero-order valence-electron chi connectivity index (χ0n) is 11.9. The van der Waals surface area contributed by atoms with E-state index in [2.05, 4.69) is 0 Å². The molecular formula is C15H18O5. The number of hydrogen-bond acceptors (Lipinski definition) is 5. The fourth-order valence-corrected chi connectivity index (χ4v) is 2.00. The van der Waals surface area contributed by atoms with Crippen LogP contribution in [0.2, 0.25) is 0 Å². The van der Waals surface area contributed by atoms with Gasteiger partial charge in [0.15, 0.2) is 17.3 Å². The first-order valence-corrected chi connectivity index (χ1v) is 6.42. The zero-order chi connectivity index (χ0) is 14.8. The normalized spacial score (nSPS) is 15.3. The summed E-state index contributed by atoms with van der Waals surface area (Å²) in [5.41, 5.74) is 0.0437. The molecule has 5 heteroatoms. The molecule has 108 valence electrons. The Morgan fingerprint density at radius 3 is 2.40 bits per heavy atom. The second kappa shape index (κ2) is 5.53. The van der Waals surface area contributed by atoms with E-state index in [0.29, 0.717) is 17.1 Å². The molecule has 0 heterocycles. The van der Waals surface area contributed by atoms with E-state index >= 15 is 0 Å². The number of rotatable bonds is 6. The third kappa shape index (κ3) is 2.76. The van der Waals surface area contributed by atoms with Crippen LogP contribution < -0.4 is 9.47 Å². The second-order valence-corrected chi connectivity index (χ2v) is 4.98. The van der Waals surface area contributed by atoms with Crippen LogP contribution in [0.1, 0.15) is 30.1 Å². The summed E-state index contributed by atoms with van der Waals surface area (Å²) in [5, 5.41) is 0. The van der Waals surface area contributed by atoms with Crippen molar-refractivity contribution >= 4 is 11.8 Å². The highest BCUT2D eigenvalue weighted by atomic mass is 16.5. The molecule has 0 bridgehead atoms. The van der Waals surface area contributed by atoms with Crippen LogP contribution in [0.4, 0.5) is 0 Å². The molecule has 0 spiro atoms. The van der Waals surface area contributed by atoms with Crippen molar-refractivity contribution in [1.29, 1.82) is 0 Å². The van der Waals surface area contributed by atoms with Crippen LogP contribution in [0.5, 0.6) is 11.5 Å². The average molecular weight is 278 g/mol. The first-order chi connectivity index (χ1) is 9.52. The number of Topliss-reactive ketones (excluding diaryl/α,β-unsaturated/α-hetero) is 1. The molecule has 0 N–H and O–H groups in total. The second-order valence-electron chi connectivity index (χ2n) is 4.98. The van der Waals surface area contributed by atoms with E-state index in [4.69, 9.17) is 14.2 Å². The molecule has 0 saturated heterocycles. The van der Waals surface area contributed by atoms with Gasteiger partial charge < -0.3 is 14.2 Å². The number of benzene rings is 1. The molecule has 5 nitrogen and oxygen atoms in total. The Morgan fingerprint density at radius 1 is 1.20 bits per heavy atom. The third-order valence-electron chi connectivity index (χ3n) is 3.55. The summed E-state index contributed by atoms with van der Waals surface area (Å²) in [4.78, 5) is 23.0. The van der Waals surface area contributed by atoms with Gasteiger partial charge in [-0.2, -0.15) is 0 Å². The van der Waals surface area contributed by atoms with Crippen molar-refractivity contribution in [3.63, 3.8) is 0 Å². The first-order valence-electron chi connectivity index (χ1n) is 6.42. The summed E-state index contributed by atoms with van der Waals surface area (Å²) in [6.45, 7) is 1.75. The zero-order valence-corrected chi connectivity index (χ0v) is 11.9. The maximum absolute atomic E-state index is 11.6. The number of hydrogen-bond donors (Lipinski definition) is 0. The first kappa shape index (κ1) is 14.4. The minimum atomic E-state index is -0.515. The fraction of sp³-hybridized carbons (Fsp3) is 0.467. The Bertz CT molecular complexity index is 531. The predicted molar refractivity (Wildman–Crippen MR) is 72.2 cm³/mol. The fourth-order valence-electron chi connectivity index (χ4n) is 2.00. The Balaban J connectivity index is 2.10. The average Bonchev–Trinajstić information content (AvgIpc) is 3.25. The van der Waals surface area contributed by atoms with Gasteiger partial charge in [0.25, 0.3) is 0 Å². The van der Waals surface area contributed by atoms with E-state index in [-0.39, 0.29) is 18.4 Å². The van der Waals surface area contributed by atoms with Crippen molar-refractivity contribution in [3.05, 3.63) is 23.8 Å². The van der Waals surface area contributed by atoms with Crippen LogP contribution in [0.25, 0.3) is 0 Å². The lowest BCUT2D eigenvalue weighted by molar-refractivity contribution is -0.148. The molecule has 1 saturated carbocycles. The smallest absolute Gasteiger partial charge is 0.315 e. The van der Waals surface area contributed by atoms with Gasteiger partial charge in [-0.05, 0) is 38.0 Å². The maximum atomic E-state index is 11.6. The van der Waals surface area contributed by atoms with Crippen molar-refractivity contribution in [2.45, 2.75) is 19.8 Å². The quantitative estimate of drug-likeness (QED) is 0.590. The molecule has 0 aliphatic heterocycles. The Morgan fingerprint density at radius 2 is 1.90 bits per heavy atom. The Labute approximate surface area is 117 Å². The number of ether oxygens (including phenoxy) is 3. The maximum Gasteiger partial charge on any atom is 0.315 e. The number of carbonyl (C=O) groups excluding carboxylic acids is 2. The molecule has 1 aromatic rings. The van der Waals surface area contributed by atoms with E-state index < -0.39 is 5.41 Å². The van der Waals surface area contributed by atoms with Gasteiger partial charge >= 0.3 is 5.97 Å². The molecule has 0 radical (unpaired) electrons. The van der Waals surface area contributed by atoms with Crippen molar-refractivity contribution in [2.24, 2.45) is 5.41 Å². The monoisotopic (exact) mass is 278 g/mol. The molecule has 2 rings (SSSR count). The van der Waals surface area contributed by atoms with Crippen molar-refractivity contribution in [1.82, 2.24) is 0 Å². The third-order valence-corrected chi connectivity index (χ3v) is 3.55. The SMILES string of the molecule is COC(=O)C1(COc2ccc(C(C)=O)cc2OC)CC1. The molecule has 1 aliphatic carbocycles. The van der Waals surface area contributed by atoms with E-state index in [0.717, 1.165) is 12.8 Å². The Hall–Kier alpha value is -2.04. The van der Waals surface area contributed by atoms with Crippen LogP contribution in [0.15, 0.2) is 18.2 Å². The highest BCUT2D eigenvalue weighted by molar-refractivity contribution is 5.94. The molecule has 1 fully saturated rings. The van der Waals surface area contributed by atoms with Gasteiger partial charge in [-0.1, -0.05) is 0 Å². The molecule has 1 aromatic carbocycles. The summed E-state index contributed by atoms with van der Waals surface area (Å²) < 4.78 is 15.7. The molecule has 20 heavy (non-hydrogen) atoms. The lowest BCUT2D eigenvalue weighted by atomic mass is 10.1. The topological polar surface area (TPSA) is 61.8 Å². The van der Waals surface area contributed by atoms with Crippen LogP contribution in [-0.4, -0.2) is 32.6 Å². The van der Waals surface area contributed by atoms with Gasteiger partial charge in [0.2, 0.25) is 0 Å². The standard InChI is InChI=1S/C15H18O5/c1-10(16)11-4-5-12(13(8-11)18-2)20-9-15(6-7-15)14(17)19-3/h4-5,8H,6-7,9H2,1-3H3. The van der Waals surface area contributed by atoms with Crippen LogP contribution in [-0.2, 0) is 9.53 Å². The predicted octanol–water partition coefficient (Wildman–Crippen LogP) is 2.23. The minimum absolute atomic E-state index is 0.0388. The van der Waals surface area contributed by atoms with Crippen LogP contribution >= 0.6 is 0 Å². The van der Waals surface area contributed by atoms with Gasteiger partial charge in [0.05, 0.1) is 14.2 Å². The number of ketones is 1. The molecule has 1 aliphatic rings. The van der Waals surface area contributed by atoms with Crippen LogP contribution in [0, 0.1) is 5.41 Å². The minimum Gasteiger partial charge on any atom is -0.493 e. The van der Waals surface area contributed by atoms with Gasteiger partial charge in [-0.15, -0.1) is 0 Å². The number of carbonyl (C=O) groups is 2. The van der Waals surface area contributed by atoms with Crippen molar-refractivity contribution in [2.75, 3.05) is 20.8 Å². The largest absolute Gasteiger partial charge is 0.493 e. The summed E-state index contributed by atoms with van der Waals surface area (Å²) in [6, 6.07) is 5.00. The molecule has 0 amide bonds. The van der Waals surface area contributed by atoms with E-state index in [1.165, 1.54) is 21.1 Å². The molecular weight excluding hydrogens is 260 g/mol. The van der Waals surface area contributed by atoms with E-state index in [1.54, 1.807) is 18.2 Å². The van der Waals surface area contributed by atoms with Gasteiger partial charge in [0, 0.05) is 5.56 Å². The van der Waals surface area contributed by atoms with Crippen LogP contribution in [0.3, 0.4) is 0 Å². The van der Waals surface area contributed by atoms with Crippen molar-refractivity contribution < 1.29 is 23.8 Å². The van der Waals surface area contributed by atoms with E-state index in [9.17, 15) is 9.59 Å². The van der Waals surface area contributed by atoms with Crippen molar-refractivity contribution in [3.8, 4) is 11.5 Å². The Kier molecular flexibility index (Phi) is 3.97. The lowest BCUT2D eigenvalue weighted by Crippen LogP contribution is -2.24. The lowest BCUT2D eigenvalue weighted by Gasteiger charge is -2.16. The summed E-state index contributed by atoms with van der Waals surface area (Å²) >= 11 is 0. The van der Waals surface area contributed by atoms with Gasteiger partial charge in [0.1, 0.15) is 12.0 Å². The molecule has 0 aromatic heterocycles. The summed E-state index contributed by atoms with van der Waals surface area (Å²) in [6.07, 6.45) is 1.54.